The minimum absolute atomic E-state index is 0. The molecule has 3 aliphatic rings. The van der Waals surface area contributed by atoms with E-state index in [4.69, 9.17) is 24.7 Å². The molecule has 1 radical (unpaired) electrons. The predicted molar refractivity (Wildman–Crippen MR) is 162 cm³/mol. The van der Waals surface area contributed by atoms with E-state index in [9.17, 15) is 9.59 Å². The number of ether oxygens (including phenoxy) is 1. The fourth-order valence-corrected chi connectivity index (χ4v) is 6.64. The quantitative estimate of drug-likeness (QED) is 0.222. The van der Waals surface area contributed by atoms with Gasteiger partial charge in [-0.15, -0.1) is 22.1 Å². The van der Waals surface area contributed by atoms with Gasteiger partial charge < -0.3 is 14.7 Å². The number of aromatic nitrogens is 4. The van der Waals surface area contributed by atoms with Crippen LogP contribution in [0.25, 0.3) is 39.3 Å². The number of carbonyl (C=O) groups is 2. The van der Waals surface area contributed by atoms with Crippen molar-refractivity contribution in [1.29, 1.82) is 0 Å². The molecule has 5 heterocycles. The fourth-order valence-electron chi connectivity index (χ4n) is 6.64. The first-order chi connectivity index (χ1) is 19.7. The Morgan fingerprint density at radius 1 is 1.07 bits per heavy atom. The van der Waals surface area contributed by atoms with E-state index in [0.29, 0.717) is 17.5 Å². The molecule has 2 unspecified atom stereocenters. The SMILES string of the molecule is C=Cc1c(C)c2cc3nc(c4c5[n-]c(cc6nc(cc1[n-]2)C(C)=C6CC)c(C)c5C(=O)C4)C(CCC(=O)OC)C3C.[Ag]. The van der Waals surface area contributed by atoms with Gasteiger partial charge in [0, 0.05) is 64.0 Å². The van der Waals surface area contributed by atoms with E-state index in [2.05, 4.69) is 34.3 Å². The molecule has 1 aliphatic carbocycles. The van der Waals surface area contributed by atoms with E-state index < -0.39 is 0 Å². The van der Waals surface area contributed by atoms with Crippen LogP contribution in [-0.2, 0) is 38.3 Å². The van der Waals surface area contributed by atoms with Gasteiger partial charge in [0.2, 0.25) is 0 Å². The first kappa shape index (κ1) is 30.0. The smallest absolute Gasteiger partial charge is 0.305 e. The standard InChI is InChI=1S/C34H35N4O3.Ag/c1-8-20-16(3)24-13-26-18(5)22(10-11-31(40)41-7)33(37-26)23-12-30(39)32-19(6)27(38-34(23)32)15-29-21(9-2)17(4)25(36-29)14-28(20)35-24;/h8,13-15,18,22H,1,9-12H2,2-7H3,(H-,35,36,37,38,39);/q-1;/p-1. The van der Waals surface area contributed by atoms with Crippen LogP contribution in [0.4, 0.5) is 0 Å². The molecule has 0 saturated carbocycles. The number of Topliss-reactive ketones (excluding diaryl/α,β-unsaturated/α-hetero) is 1. The van der Waals surface area contributed by atoms with Crippen molar-refractivity contribution in [3.63, 3.8) is 0 Å². The van der Waals surface area contributed by atoms with Crippen LogP contribution < -0.4 is 9.97 Å². The summed E-state index contributed by atoms with van der Waals surface area (Å²) in [7, 11) is 1.41. The van der Waals surface area contributed by atoms with Crippen molar-refractivity contribution < 1.29 is 36.7 Å². The Kier molecular flexibility index (Phi) is 8.05. The maximum Gasteiger partial charge on any atom is 0.305 e. The van der Waals surface area contributed by atoms with Crippen LogP contribution >= 0.6 is 0 Å². The molecule has 7 nitrogen and oxygen atoms in total. The van der Waals surface area contributed by atoms with Gasteiger partial charge in [-0.05, 0) is 55.9 Å². The van der Waals surface area contributed by atoms with Crippen LogP contribution in [-0.4, -0.2) is 28.8 Å². The summed E-state index contributed by atoms with van der Waals surface area (Å²) < 4.78 is 4.95. The van der Waals surface area contributed by atoms with E-state index in [1.807, 2.05) is 31.2 Å². The van der Waals surface area contributed by atoms with Crippen LogP contribution in [0.2, 0.25) is 0 Å². The first-order valence-corrected chi connectivity index (χ1v) is 14.3. The number of hydrogen-bond acceptors (Lipinski definition) is 5. The number of nitrogens with zero attached hydrogens (tertiary/aromatic N) is 4. The molecule has 0 spiro atoms. The van der Waals surface area contributed by atoms with Gasteiger partial charge in [-0.3, -0.25) is 14.6 Å². The number of ketones is 1. The molecule has 0 fully saturated rings. The second kappa shape index (κ2) is 11.3. The van der Waals surface area contributed by atoms with Crippen molar-refractivity contribution in [2.75, 3.05) is 7.11 Å². The van der Waals surface area contributed by atoms with Gasteiger partial charge in [-0.1, -0.05) is 55.8 Å². The number of methoxy groups -OCH3 is 1. The maximum atomic E-state index is 13.4. The molecule has 221 valence electrons. The van der Waals surface area contributed by atoms with Crippen LogP contribution in [0.5, 0.6) is 0 Å². The molecule has 42 heavy (non-hydrogen) atoms. The van der Waals surface area contributed by atoms with Crippen molar-refractivity contribution in [3.05, 3.63) is 75.4 Å². The number of rotatable bonds is 5. The Hall–Kier alpha value is -3.52. The third-order valence-corrected chi connectivity index (χ3v) is 9.08. The monoisotopic (exact) mass is 653 g/mol. The Morgan fingerprint density at radius 3 is 2.48 bits per heavy atom. The average Bonchev–Trinajstić information content (AvgIpc) is 3.70. The van der Waals surface area contributed by atoms with Crippen molar-refractivity contribution in [2.45, 2.75) is 72.1 Å². The molecule has 0 N–H and O–H groups in total. The third-order valence-electron chi connectivity index (χ3n) is 9.08. The minimum Gasteiger partial charge on any atom is -0.657 e. The summed E-state index contributed by atoms with van der Waals surface area (Å²) in [5.74, 6) is -0.233. The molecule has 0 aromatic carbocycles. The normalized spacial score (nSPS) is 17.4. The van der Waals surface area contributed by atoms with Crippen molar-refractivity contribution >= 4 is 51.0 Å². The van der Waals surface area contributed by atoms with Crippen molar-refractivity contribution in [1.82, 2.24) is 19.9 Å². The third kappa shape index (κ3) is 4.64. The van der Waals surface area contributed by atoms with Crippen LogP contribution in [0.1, 0.15) is 107 Å². The Morgan fingerprint density at radius 2 is 1.79 bits per heavy atom. The topological polar surface area (TPSA) is 97.4 Å². The zero-order valence-corrected chi connectivity index (χ0v) is 26.3. The van der Waals surface area contributed by atoms with E-state index in [1.54, 1.807) is 0 Å². The Bertz CT molecular complexity index is 1860. The van der Waals surface area contributed by atoms with Gasteiger partial charge in [0.25, 0.3) is 0 Å². The molecule has 6 rings (SSSR count). The van der Waals surface area contributed by atoms with E-state index in [1.165, 1.54) is 7.11 Å². The van der Waals surface area contributed by atoms with Gasteiger partial charge in [0.05, 0.1) is 18.5 Å². The predicted octanol–water partition coefficient (Wildman–Crippen LogP) is 6.75. The minimum atomic E-state index is -0.257. The maximum absolute atomic E-state index is 13.4. The second-order valence-corrected chi connectivity index (χ2v) is 11.3. The van der Waals surface area contributed by atoms with E-state index in [-0.39, 0.29) is 58.8 Å². The average molecular weight is 655 g/mol. The molecule has 2 aliphatic heterocycles. The van der Waals surface area contributed by atoms with Crippen LogP contribution in [0.3, 0.4) is 0 Å². The molecule has 3 aromatic rings. The number of hydrogen-bond donors (Lipinski definition) is 0. The molecule has 3 aromatic heterocycles. The number of carbonyl (C=O) groups excluding carboxylic acids is 2. The van der Waals surface area contributed by atoms with E-state index >= 15 is 0 Å². The molecule has 0 amide bonds. The van der Waals surface area contributed by atoms with E-state index in [0.717, 1.165) is 79.1 Å². The molecular formula is C34H34AgN4O3-2. The largest absolute Gasteiger partial charge is 0.657 e. The van der Waals surface area contributed by atoms with Gasteiger partial charge in [0.1, 0.15) is 0 Å². The number of allylic oxidation sites excluding steroid dienone is 2. The summed E-state index contributed by atoms with van der Waals surface area (Å²) in [5, 5.41) is 0. The summed E-state index contributed by atoms with van der Waals surface area (Å²) >= 11 is 0. The second-order valence-electron chi connectivity index (χ2n) is 11.3. The number of fused-ring (bicyclic) bond motifs is 8. The van der Waals surface area contributed by atoms with Crippen molar-refractivity contribution in [2.24, 2.45) is 0 Å². The molecule has 0 saturated heterocycles. The molecule has 8 bridgehead atoms. The van der Waals surface area contributed by atoms with Crippen molar-refractivity contribution in [3.8, 4) is 0 Å². The van der Waals surface area contributed by atoms with Gasteiger partial charge >= 0.3 is 5.97 Å². The summed E-state index contributed by atoms with van der Waals surface area (Å²) in [6.45, 7) is 14.4. The van der Waals surface area contributed by atoms with Gasteiger partial charge in [0.15, 0.2) is 5.78 Å². The Labute approximate surface area is 261 Å². The first-order valence-electron chi connectivity index (χ1n) is 14.3. The number of aryl methyl sites for hydroxylation is 2. The van der Waals surface area contributed by atoms with Gasteiger partial charge in [-0.2, -0.15) is 0 Å². The van der Waals surface area contributed by atoms with Crippen LogP contribution in [0.15, 0.2) is 24.8 Å². The number of esters is 1. The fraction of sp³-hybridized carbons (Fsp3) is 0.353. The Balaban J connectivity index is 0.00000353. The summed E-state index contributed by atoms with van der Waals surface area (Å²) in [4.78, 5) is 45.8. The van der Waals surface area contributed by atoms with Gasteiger partial charge in [-0.25, -0.2) is 4.98 Å². The molecule has 8 heteroatoms. The molecule has 2 atom stereocenters. The molecular weight excluding hydrogens is 620 g/mol. The zero-order valence-electron chi connectivity index (χ0n) is 24.8. The van der Waals surface area contributed by atoms with Crippen LogP contribution in [0, 0.1) is 13.8 Å². The summed E-state index contributed by atoms with van der Waals surface area (Å²) in [6, 6.07) is 6.09. The summed E-state index contributed by atoms with van der Waals surface area (Å²) in [6.07, 6.45) is 3.78. The zero-order chi connectivity index (χ0) is 29.2. The summed E-state index contributed by atoms with van der Waals surface area (Å²) in [5.41, 5.74) is 13.3.